The molecule has 140 valence electrons. The highest BCUT2D eigenvalue weighted by molar-refractivity contribution is 7.11. The minimum Gasteiger partial charge on any atom is -0.369 e. The Morgan fingerprint density at radius 2 is 2.19 bits per heavy atom. The molecule has 0 spiro atoms. The van der Waals surface area contributed by atoms with E-state index >= 15 is 0 Å². The number of rotatable bonds is 6. The smallest absolute Gasteiger partial charge is 0.191 e. The van der Waals surface area contributed by atoms with Gasteiger partial charge in [0.2, 0.25) is 0 Å². The van der Waals surface area contributed by atoms with Crippen LogP contribution >= 0.6 is 11.3 Å². The molecule has 0 bridgehead atoms. The van der Waals surface area contributed by atoms with Gasteiger partial charge in [0, 0.05) is 55.4 Å². The molecule has 1 fully saturated rings. The Morgan fingerprint density at radius 1 is 1.35 bits per heavy atom. The summed E-state index contributed by atoms with van der Waals surface area (Å²) in [7, 11) is 0. The second-order valence-electron chi connectivity index (χ2n) is 6.64. The lowest BCUT2D eigenvalue weighted by atomic mass is 10.1. The van der Waals surface area contributed by atoms with Gasteiger partial charge in [-0.25, -0.2) is 4.98 Å². The van der Waals surface area contributed by atoms with E-state index < -0.39 is 0 Å². The number of hydrogen-bond acceptors (Lipinski definition) is 4. The molecule has 1 aliphatic rings. The number of piperidine rings is 1. The fourth-order valence-corrected chi connectivity index (χ4v) is 4.04. The van der Waals surface area contributed by atoms with Gasteiger partial charge in [0.25, 0.3) is 0 Å². The quantitative estimate of drug-likeness (QED) is 0.605. The van der Waals surface area contributed by atoms with E-state index in [1.165, 1.54) is 23.4 Å². The normalized spacial score (nSPS) is 18.0. The summed E-state index contributed by atoms with van der Waals surface area (Å²) < 4.78 is 0. The van der Waals surface area contributed by atoms with Crippen LogP contribution in [0.2, 0.25) is 0 Å². The van der Waals surface area contributed by atoms with Gasteiger partial charge in [-0.15, -0.1) is 11.3 Å². The van der Waals surface area contributed by atoms with E-state index in [0.29, 0.717) is 6.04 Å². The molecule has 1 aromatic heterocycles. The van der Waals surface area contributed by atoms with Gasteiger partial charge in [-0.3, -0.25) is 4.99 Å². The molecular formula is C20H29N5S. The Bertz CT molecular complexity index is 697. The lowest BCUT2D eigenvalue weighted by Crippen LogP contribution is -2.51. The van der Waals surface area contributed by atoms with Crippen LogP contribution in [-0.2, 0) is 6.42 Å². The van der Waals surface area contributed by atoms with E-state index in [9.17, 15) is 0 Å². The van der Waals surface area contributed by atoms with E-state index in [1.54, 1.807) is 11.3 Å². The summed E-state index contributed by atoms with van der Waals surface area (Å²) in [5.74, 6) is 0.917. The molecule has 1 atom stereocenters. The maximum Gasteiger partial charge on any atom is 0.191 e. The fourth-order valence-electron chi connectivity index (χ4n) is 3.26. The van der Waals surface area contributed by atoms with Crippen molar-refractivity contribution in [1.82, 2.24) is 15.6 Å². The molecule has 3 rings (SSSR count). The van der Waals surface area contributed by atoms with E-state index in [1.807, 2.05) is 6.20 Å². The molecule has 1 unspecified atom stereocenters. The molecule has 0 saturated carbocycles. The van der Waals surface area contributed by atoms with Gasteiger partial charge in [-0.2, -0.15) is 0 Å². The zero-order chi connectivity index (χ0) is 18.2. The fraction of sp³-hybridized carbons (Fsp3) is 0.500. The molecule has 5 nitrogen and oxygen atoms in total. The number of nitrogens with zero attached hydrogens (tertiary/aromatic N) is 3. The van der Waals surface area contributed by atoms with Crippen LogP contribution in [0.3, 0.4) is 0 Å². The van der Waals surface area contributed by atoms with Crippen molar-refractivity contribution in [1.29, 1.82) is 0 Å². The van der Waals surface area contributed by atoms with Gasteiger partial charge in [-0.1, -0.05) is 18.2 Å². The first-order valence-electron chi connectivity index (χ1n) is 9.50. The highest BCUT2D eigenvalue weighted by atomic mass is 32.1. The number of para-hydroxylation sites is 1. The Balaban J connectivity index is 1.55. The molecule has 1 aliphatic heterocycles. The van der Waals surface area contributed by atoms with Crippen molar-refractivity contribution < 1.29 is 0 Å². The minimum atomic E-state index is 0.420. The number of nitrogens with one attached hydrogen (secondary N) is 2. The van der Waals surface area contributed by atoms with Crippen molar-refractivity contribution in [2.45, 2.75) is 39.2 Å². The first-order chi connectivity index (χ1) is 12.7. The molecule has 2 aromatic rings. The molecule has 0 aliphatic carbocycles. The van der Waals surface area contributed by atoms with E-state index in [2.05, 4.69) is 64.7 Å². The predicted octanol–water partition coefficient (Wildman–Crippen LogP) is 3.22. The van der Waals surface area contributed by atoms with Gasteiger partial charge < -0.3 is 15.5 Å². The van der Waals surface area contributed by atoms with Crippen molar-refractivity contribution in [3.05, 3.63) is 46.4 Å². The number of aliphatic imine (C=N–C) groups is 1. The highest BCUT2D eigenvalue weighted by Gasteiger charge is 2.20. The molecule has 1 aromatic carbocycles. The maximum atomic E-state index is 4.75. The largest absolute Gasteiger partial charge is 0.369 e. The van der Waals surface area contributed by atoms with Gasteiger partial charge >= 0.3 is 0 Å². The Hall–Kier alpha value is -2.08. The SMILES string of the molecule is CCNC(=NCCc1ncc(C)s1)NC1CCCN(c2ccccc2)C1. The van der Waals surface area contributed by atoms with Crippen LogP contribution in [0, 0.1) is 6.92 Å². The number of anilines is 1. The van der Waals surface area contributed by atoms with Crippen LogP contribution in [-0.4, -0.2) is 43.2 Å². The van der Waals surface area contributed by atoms with Crippen LogP contribution < -0.4 is 15.5 Å². The molecule has 1 saturated heterocycles. The summed E-state index contributed by atoms with van der Waals surface area (Å²) in [6, 6.07) is 11.1. The van der Waals surface area contributed by atoms with Crippen LogP contribution in [0.1, 0.15) is 29.7 Å². The summed E-state index contributed by atoms with van der Waals surface area (Å²) in [4.78, 5) is 12.9. The minimum absolute atomic E-state index is 0.420. The molecule has 2 N–H and O–H groups in total. The summed E-state index contributed by atoms with van der Waals surface area (Å²) in [6.45, 7) is 7.98. The van der Waals surface area contributed by atoms with Gasteiger partial charge in [-0.05, 0) is 38.8 Å². The summed E-state index contributed by atoms with van der Waals surface area (Å²) in [6.07, 6.45) is 5.22. The third-order valence-corrected chi connectivity index (χ3v) is 5.47. The zero-order valence-corrected chi connectivity index (χ0v) is 16.6. The van der Waals surface area contributed by atoms with Crippen molar-refractivity contribution >= 4 is 23.0 Å². The molecule has 6 heteroatoms. The lowest BCUT2D eigenvalue weighted by molar-refractivity contribution is 0.468. The third kappa shape index (κ3) is 5.46. The summed E-state index contributed by atoms with van der Waals surface area (Å²) in [5.41, 5.74) is 1.31. The number of aromatic nitrogens is 1. The average molecular weight is 372 g/mol. The lowest BCUT2D eigenvalue weighted by Gasteiger charge is -2.35. The monoisotopic (exact) mass is 371 g/mol. The van der Waals surface area contributed by atoms with Crippen molar-refractivity contribution in [3.8, 4) is 0 Å². The summed E-state index contributed by atoms with van der Waals surface area (Å²) >= 11 is 1.76. The highest BCUT2D eigenvalue weighted by Crippen LogP contribution is 2.19. The second-order valence-corrected chi connectivity index (χ2v) is 7.96. The van der Waals surface area contributed by atoms with Crippen LogP contribution in [0.15, 0.2) is 41.5 Å². The standard InChI is InChI=1S/C20H29N5S/c1-3-21-20(22-12-11-19-23-14-16(2)26-19)24-17-8-7-13-25(15-17)18-9-5-4-6-10-18/h4-6,9-10,14,17H,3,7-8,11-13,15H2,1-2H3,(H2,21,22,24). The van der Waals surface area contributed by atoms with Crippen LogP contribution in [0.25, 0.3) is 0 Å². The first kappa shape index (κ1) is 18.7. The molecule has 0 amide bonds. The molecule has 26 heavy (non-hydrogen) atoms. The number of guanidine groups is 1. The van der Waals surface area contributed by atoms with E-state index in [-0.39, 0.29) is 0 Å². The topological polar surface area (TPSA) is 52.6 Å². The summed E-state index contributed by atoms with van der Waals surface area (Å²) in [5, 5.41) is 8.17. The van der Waals surface area contributed by atoms with Crippen molar-refractivity contribution in [3.63, 3.8) is 0 Å². The number of hydrogen-bond donors (Lipinski definition) is 2. The third-order valence-electron chi connectivity index (χ3n) is 4.49. The maximum absolute atomic E-state index is 4.75. The predicted molar refractivity (Wildman–Crippen MR) is 111 cm³/mol. The van der Waals surface area contributed by atoms with Gasteiger partial charge in [0.15, 0.2) is 5.96 Å². The van der Waals surface area contributed by atoms with Gasteiger partial charge in [0.05, 0.1) is 5.01 Å². The average Bonchev–Trinajstić information content (AvgIpc) is 3.08. The van der Waals surface area contributed by atoms with Gasteiger partial charge in [0.1, 0.15) is 0 Å². The number of benzene rings is 1. The number of thiazole rings is 1. The molecule has 0 radical (unpaired) electrons. The van der Waals surface area contributed by atoms with Crippen LogP contribution in [0.5, 0.6) is 0 Å². The number of aryl methyl sites for hydroxylation is 1. The second kappa shape index (κ2) is 9.57. The van der Waals surface area contributed by atoms with Crippen LogP contribution in [0.4, 0.5) is 5.69 Å². The van der Waals surface area contributed by atoms with E-state index in [4.69, 9.17) is 4.99 Å². The Kier molecular flexibility index (Phi) is 6.89. The molecule has 2 heterocycles. The van der Waals surface area contributed by atoms with Crippen molar-refractivity contribution in [2.24, 2.45) is 4.99 Å². The zero-order valence-electron chi connectivity index (χ0n) is 15.7. The first-order valence-corrected chi connectivity index (χ1v) is 10.3. The Labute approximate surface area is 160 Å². The van der Waals surface area contributed by atoms with E-state index in [0.717, 1.165) is 43.6 Å². The molecular weight excluding hydrogens is 342 g/mol. The Morgan fingerprint density at radius 3 is 2.92 bits per heavy atom. The van der Waals surface area contributed by atoms with Crippen molar-refractivity contribution in [2.75, 3.05) is 31.1 Å².